The molecule has 0 bridgehead atoms. The first-order valence-corrected chi connectivity index (χ1v) is 5.56. The third-order valence-electron chi connectivity index (χ3n) is 2.91. The van der Waals surface area contributed by atoms with Gasteiger partial charge in [0.25, 0.3) is 0 Å². The van der Waals surface area contributed by atoms with Gasteiger partial charge in [0.05, 0.1) is 0 Å². The minimum atomic E-state index is 0.709. The van der Waals surface area contributed by atoms with Gasteiger partial charge in [-0.25, -0.2) is 0 Å². The number of hydrogen-bond acceptors (Lipinski definition) is 2. The quantitative estimate of drug-likeness (QED) is 0.609. The van der Waals surface area contributed by atoms with Crippen LogP contribution in [0.15, 0.2) is 0 Å². The number of carbonyl (C=O) groups excluding carboxylic acids is 1. The summed E-state index contributed by atoms with van der Waals surface area (Å²) in [5, 5.41) is 0. The first kappa shape index (κ1) is 10.7. The van der Waals surface area contributed by atoms with E-state index in [1.165, 1.54) is 38.6 Å². The molecule has 0 N–H and O–H groups in total. The second-order valence-electron chi connectivity index (χ2n) is 3.93. The van der Waals surface area contributed by atoms with Crippen molar-refractivity contribution < 1.29 is 4.79 Å². The van der Waals surface area contributed by atoms with Crippen LogP contribution in [-0.2, 0) is 4.79 Å². The summed E-state index contributed by atoms with van der Waals surface area (Å²) < 4.78 is 0. The van der Waals surface area contributed by atoms with E-state index in [0.717, 1.165) is 18.9 Å². The SMILES string of the molecule is CCCC1CCCCN1CCC=O. The van der Waals surface area contributed by atoms with Gasteiger partial charge in [-0.2, -0.15) is 0 Å². The van der Waals surface area contributed by atoms with E-state index in [0.29, 0.717) is 6.42 Å². The van der Waals surface area contributed by atoms with Crippen molar-refractivity contribution in [3.05, 3.63) is 0 Å². The fourth-order valence-electron chi connectivity index (χ4n) is 2.23. The summed E-state index contributed by atoms with van der Waals surface area (Å²) in [5.74, 6) is 0. The molecule has 2 nitrogen and oxygen atoms in total. The smallest absolute Gasteiger partial charge is 0.121 e. The standard InChI is InChI=1S/C11H21NO/c1-2-6-11-7-3-4-8-12(11)9-5-10-13/h10-11H,2-9H2,1H3. The highest BCUT2D eigenvalue weighted by Crippen LogP contribution is 2.20. The first-order valence-electron chi connectivity index (χ1n) is 5.56. The predicted octanol–water partition coefficient (Wildman–Crippen LogP) is 2.23. The van der Waals surface area contributed by atoms with Gasteiger partial charge in [-0.3, -0.25) is 4.90 Å². The predicted molar refractivity (Wildman–Crippen MR) is 54.8 cm³/mol. The second kappa shape index (κ2) is 6.14. The Balaban J connectivity index is 2.31. The Morgan fingerprint density at radius 1 is 1.46 bits per heavy atom. The van der Waals surface area contributed by atoms with Crippen molar-refractivity contribution in [1.82, 2.24) is 4.90 Å². The molecule has 2 heteroatoms. The van der Waals surface area contributed by atoms with Crippen molar-refractivity contribution in [2.24, 2.45) is 0 Å². The molecule has 0 amide bonds. The summed E-state index contributed by atoms with van der Waals surface area (Å²) in [4.78, 5) is 12.8. The number of hydrogen-bond donors (Lipinski definition) is 0. The molecule has 0 aromatic heterocycles. The Labute approximate surface area is 81.3 Å². The number of rotatable bonds is 5. The fraction of sp³-hybridized carbons (Fsp3) is 0.909. The normalized spacial score (nSPS) is 24.5. The molecule has 0 saturated carbocycles. The lowest BCUT2D eigenvalue weighted by Gasteiger charge is -2.35. The monoisotopic (exact) mass is 183 g/mol. The van der Waals surface area contributed by atoms with E-state index >= 15 is 0 Å². The number of carbonyl (C=O) groups is 1. The molecule has 0 aromatic rings. The highest BCUT2D eigenvalue weighted by atomic mass is 16.1. The third-order valence-corrected chi connectivity index (χ3v) is 2.91. The molecule has 0 aliphatic carbocycles. The zero-order valence-electron chi connectivity index (χ0n) is 8.67. The Hall–Kier alpha value is -0.370. The highest BCUT2D eigenvalue weighted by molar-refractivity contribution is 5.49. The Kier molecular flexibility index (Phi) is 5.06. The molecule has 1 aliphatic rings. The lowest BCUT2D eigenvalue weighted by molar-refractivity contribution is -0.108. The van der Waals surface area contributed by atoms with E-state index in [1.807, 2.05) is 0 Å². The number of likely N-dealkylation sites (tertiary alicyclic amines) is 1. The Bertz CT molecular complexity index is 145. The highest BCUT2D eigenvalue weighted by Gasteiger charge is 2.20. The molecular formula is C11H21NO. The van der Waals surface area contributed by atoms with Gasteiger partial charge < -0.3 is 4.79 Å². The molecule has 1 heterocycles. The van der Waals surface area contributed by atoms with Crippen LogP contribution < -0.4 is 0 Å². The zero-order chi connectivity index (χ0) is 9.52. The maximum absolute atomic E-state index is 10.3. The maximum atomic E-state index is 10.3. The van der Waals surface area contributed by atoms with Crippen LogP contribution in [0.1, 0.15) is 45.4 Å². The second-order valence-corrected chi connectivity index (χ2v) is 3.93. The van der Waals surface area contributed by atoms with Gasteiger partial charge in [0.15, 0.2) is 0 Å². The lowest BCUT2D eigenvalue weighted by atomic mass is 9.98. The van der Waals surface area contributed by atoms with Crippen LogP contribution >= 0.6 is 0 Å². The van der Waals surface area contributed by atoms with Crippen molar-refractivity contribution in [2.75, 3.05) is 13.1 Å². The largest absolute Gasteiger partial charge is 0.303 e. The van der Waals surface area contributed by atoms with E-state index in [4.69, 9.17) is 0 Å². The lowest BCUT2D eigenvalue weighted by Crippen LogP contribution is -2.40. The topological polar surface area (TPSA) is 20.3 Å². The van der Waals surface area contributed by atoms with Crippen molar-refractivity contribution in [3.8, 4) is 0 Å². The minimum Gasteiger partial charge on any atom is -0.303 e. The summed E-state index contributed by atoms with van der Waals surface area (Å²) in [6, 6.07) is 0.763. The van der Waals surface area contributed by atoms with Gasteiger partial charge in [-0.15, -0.1) is 0 Å². The molecule has 1 unspecified atom stereocenters. The van der Waals surface area contributed by atoms with Crippen molar-refractivity contribution >= 4 is 6.29 Å². The Morgan fingerprint density at radius 2 is 2.31 bits per heavy atom. The Morgan fingerprint density at radius 3 is 3.00 bits per heavy atom. The number of aldehydes is 1. The molecule has 1 saturated heterocycles. The van der Waals surface area contributed by atoms with Crippen LogP contribution in [-0.4, -0.2) is 30.3 Å². The summed E-state index contributed by atoms with van der Waals surface area (Å²) in [6.45, 7) is 4.43. The van der Waals surface area contributed by atoms with Gasteiger partial charge in [0, 0.05) is 19.0 Å². The summed E-state index contributed by atoms with van der Waals surface area (Å²) in [6.07, 6.45) is 8.35. The van der Waals surface area contributed by atoms with Crippen molar-refractivity contribution in [3.63, 3.8) is 0 Å². The van der Waals surface area contributed by atoms with Gasteiger partial charge in [-0.1, -0.05) is 19.8 Å². The van der Waals surface area contributed by atoms with E-state index in [9.17, 15) is 4.79 Å². The molecule has 0 radical (unpaired) electrons. The van der Waals surface area contributed by atoms with Gasteiger partial charge in [0.1, 0.15) is 6.29 Å². The van der Waals surface area contributed by atoms with Crippen molar-refractivity contribution in [1.29, 1.82) is 0 Å². The maximum Gasteiger partial charge on any atom is 0.121 e. The molecule has 1 aliphatic heterocycles. The molecule has 1 rings (SSSR count). The van der Waals surface area contributed by atoms with Crippen LogP contribution in [0.25, 0.3) is 0 Å². The van der Waals surface area contributed by atoms with E-state index in [-0.39, 0.29) is 0 Å². The fourth-order valence-corrected chi connectivity index (χ4v) is 2.23. The van der Waals surface area contributed by atoms with E-state index in [2.05, 4.69) is 11.8 Å². The number of piperidine rings is 1. The van der Waals surface area contributed by atoms with Crippen LogP contribution in [0.2, 0.25) is 0 Å². The summed E-state index contributed by atoms with van der Waals surface area (Å²) in [5.41, 5.74) is 0. The van der Waals surface area contributed by atoms with Crippen LogP contribution in [0.3, 0.4) is 0 Å². The molecule has 1 atom stereocenters. The van der Waals surface area contributed by atoms with Crippen molar-refractivity contribution in [2.45, 2.75) is 51.5 Å². The van der Waals surface area contributed by atoms with Gasteiger partial charge >= 0.3 is 0 Å². The molecule has 13 heavy (non-hydrogen) atoms. The third kappa shape index (κ3) is 3.47. The molecule has 0 aromatic carbocycles. The van der Waals surface area contributed by atoms with E-state index in [1.54, 1.807) is 0 Å². The average Bonchev–Trinajstić information content (AvgIpc) is 2.17. The number of nitrogens with zero attached hydrogens (tertiary/aromatic N) is 1. The van der Waals surface area contributed by atoms with Crippen LogP contribution in [0.4, 0.5) is 0 Å². The van der Waals surface area contributed by atoms with Crippen LogP contribution in [0.5, 0.6) is 0 Å². The molecule has 0 spiro atoms. The van der Waals surface area contributed by atoms with Crippen LogP contribution in [0, 0.1) is 0 Å². The van der Waals surface area contributed by atoms with Gasteiger partial charge in [-0.05, 0) is 25.8 Å². The minimum absolute atomic E-state index is 0.709. The summed E-state index contributed by atoms with van der Waals surface area (Å²) >= 11 is 0. The zero-order valence-corrected chi connectivity index (χ0v) is 8.67. The van der Waals surface area contributed by atoms with E-state index < -0.39 is 0 Å². The first-order chi connectivity index (χ1) is 6.38. The summed E-state index contributed by atoms with van der Waals surface area (Å²) in [7, 11) is 0. The molecular weight excluding hydrogens is 162 g/mol. The molecule has 1 fully saturated rings. The average molecular weight is 183 g/mol. The molecule has 76 valence electrons. The van der Waals surface area contributed by atoms with Gasteiger partial charge in [0.2, 0.25) is 0 Å².